The van der Waals surface area contributed by atoms with E-state index in [0.717, 1.165) is 32.2 Å². The van der Waals surface area contributed by atoms with Crippen molar-refractivity contribution in [3.8, 4) is 11.5 Å². The van der Waals surface area contributed by atoms with Gasteiger partial charge in [-0.25, -0.2) is 0 Å². The van der Waals surface area contributed by atoms with Crippen LogP contribution >= 0.6 is 0 Å². The lowest BCUT2D eigenvalue weighted by Gasteiger charge is -2.38. The molecule has 0 aromatic heterocycles. The number of nitrogens with zero attached hydrogens (tertiary/aromatic N) is 2. The predicted octanol–water partition coefficient (Wildman–Crippen LogP) is 2.85. The molecule has 146 valence electrons. The van der Waals surface area contributed by atoms with Crippen molar-refractivity contribution in [2.75, 3.05) is 26.2 Å². The van der Waals surface area contributed by atoms with Gasteiger partial charge in [0.1, 0.15) is 0 Å². The summed E-state index contributed by atoms with van der Waals surface area (Å²) in [6, 6.07) is 5.94. The maximum Gasteiger partial charge on any atom is 0.238 e. The second-order valence-corrected chi connectivity index (χ2v) is 7.74. The third-order valence-corrected chi connectivity index (χ3v) is 5.93. The monoisotopic (exact) mass is 372 g/mol. The number of carbonyl (C=O) groups is 2. The van der Waals surface area contributed by atoms with Gasteiger partial charge in [0, 0.05) is 57.5 Å². The molecule has 6 heteroatoms. The van der Waals surface area contributed by atoms with E-state index in [1.54, 1.807) is 18.2 Å². The van der Waals surface area contributed by atoms with Gasteiger partial charge < -0.3 is 14.4 Å². The number of Topliss-reactive ketones (excluding diaryl/α,β-unsaturated/α-hetero) is 1. The zero-order valence-corrected chi connectivity index (χ0v) is 16.0. The van der Waals surface area contributed by atoms with Gasteiger partial charge in [-0.15, -0.1) is 0 Å². The number of ether oxygens (including phenoxy) is 2. The molecule has 3 aliphatic rings. The molecule has 1 aliphatic carbocycles. The highest BCUT2D eigenvalue weighted by Gasteiger charge is 2.28. The molecule has 0 radical (unpaired) electrons. The summed E-state index contributed by atoms with van der Waals surface area (Å²) in [7, 11) is 0. The molecule has 2 heterocycles. The average molecular weight is 372 g/mol. The number of hydrogen-bond acceptors (Lipinski definition) is 5. The molecule has 4 rings (SSSR count). The van der Waals surface area contributed by atoms with Crippen molar-refractivity contribution in [2.45, 2.75) is 57.8 Å². The van der Waals surface area contributed by atoms with Gasteiger partial charge >= 0.3 is 0 Å². The van der Waals surface area contributed by atoms with E-state index in [1.165, 1.54) is 25.7 Å². The lowest BCUT2D eigenvalue weighted by atomic mass is 10.1. The van der Waals surface area contributed by atoms with Crippen molar-refractivity contribution in [3.63, 3.8) is 0 Å². The van der Waals surface area contributed by atoms with Crippen molar-refractivity contribution in [1.29, 1.82) is 0 Å². The second kappa shape index (κ2) is 7.89. The van der Waals surface area contributed by atoms with Crippen molar-refractivity contribution < 1.29 is 19.1 Å². The summed E-state index contributed by atoms with van der Waals surface area (Å²) < 4.78 is 11.0. The van der Waals surface area contributed by atoms with Crippen LogP contribution in [0.5, 0.6) is 11.5 Å². The van der Waals surface area contributed by atoms with Crippen LogP contribution in [-0.4, -0.2) is 60.0 Å². The van der Waals surface area contributed by atoms with Crippen LogP contribution in [0.2, 0.25) is 0 Å². The number of rotatable bonds is 5. The maximum absolute atomic E-state index is 12.5. The summed E-state index contributed by atoms with van der Waals surface area (Å²) in [6.45, 7) is 5.30. The lowest BCUT2D eigenvalue weighted by molar-refractivity contribution is -0.133. The molecule has 6 nitrogen and oxygen atoms in total. The van der Waals surface area contributed by atoms with Crippen molar-refractivity contribution in [2.24, 2.45) is 0 Å². The van der Waals surface area contributed by atoms with Crippen LogP contribution < -0.4 is 9.47 Å². The van der Waals surface area contributed by atoms with Gasteiger partial charge in [-0.2, -0.15) is 0 Å². The molecule has 0 spiro atoms. The average Bonchev–Trinajstić information content (AvgIpc) is 3.34. The Hall–Kier alpha value is -2.08. The van der Waals surface area contributed by atoms with Gasteiger partial charge in [-0.05, 0) is 31.0 Å². The van der Waals surface area contributed by atoms with Crippen molar-refractivity contribution in [1.82, 2.24) is 9.80 Å². The zero-order chi connectivity index (χ0) is 18.8. The summed E-state index contributed by atoms with van der Waals surface area (Å²) in [5, 5.41) is 0. The summed E-state index contributed by atoms with van der Waals surface area (Å²) in [5.41, 5.74) is 0.574. The molecule has 0 bridgehead atoms. The number of carbonyl (C=O) groups excluding carboxylic acids is 2. The van der Waals surface area contributed by atoms with Crippen LogP contribution in [0.3, 0.4) is 0 Å². The molecule has 1 atom stereocenters. The van der Waals surface area contributed by atoms with Crippen LogP contribution in [0.1, 0.15) is 55.8 Å². The molecule has 27 heavy (non-hydrogen) atoms. The number of amides is 1. The first-order chi connectivity index (χ1) is 13.1. The smallest absolute Gasteiger partial charge is 0.238 e. The highest BCUT2D eigenvalue weighted by molar-refractivity contribution is 5.98. The van der Waals surface area contributed by atoms with E-state index in [-0.39, 0.29) is 30.8 Å². The van der Waals surface area contributed by atoms with E-state index in [2.05, 4.69) is 4.90 Å². The minimum atomic E-state index is -0.324. The Bertz CT molecular complexity index is 706. The highest BCUT2D eigenvalue weighted by atomic mass is 16.7. The number of fused-ring (bicyclic) bond motifs is 1. The Morgan fingerprint density at radius 3 is 2.44 bits per heavy atom. The fourth-order valence-electron chi connectivity index (χ4n) is 4.38. The summed E-state index contributed by atoms with van der Waals surface area (Å²) in [4.78, 5) is 29.4. The molecular formula is C21H28N2O4. The van der Waals surface area contributed by atoms with Gasteiger partial charge in [-0.3, -0.25) is 14.5 Å². The van der Waals surface area contributed by atoms with E-state index < -0.39 is 0 Å². The SMILES string of the molecule is C[C@@H]1Oc2ccc(C(=O)CCC(=O)N3CCN(C4CCCC4)CC3)cc2O1. The molecule has 1 saturated heterocycles. The van der Waals surface area contributed by atoms with E-state index in [4.69, 9.17) is 9.47 Å². The topological polar surface area (TPSA) is 59.1 Å². The Balaban J connectivity index is 1.25. The molecular weight excluding hydrogens is 344 g/mol. The van der Waals surface area contributed by atoms with Gasteiger partial charge in [-0.1, -0.05) is 12.8 Å². The van der Waals surface area contributed by atoms with Gasteiger partial charge in [0.15, 0.2) is 17.3 Å². The molecule has 2 fully saturated rings. The Labute approximate surface area is 160 Å². The lowest BCUT2D eigenvalue weighted by Crippen LogP contribution is -2.51. The van der Waals surface area contributed by atoms with Crippen LogP contribution in [-0.2, 0) is 4.79 Å². The van der Waals surface area contributed by atoms with Crippen LogP contribution in [0, 0.1) is 0 Å². The quantitative estimate of drug-likeness (QED) is 0.744. The van der Waals surface area contributed by atoms with Crippen LogP contribution in [0.4, 0.5) is 0 Å². The van der Waals surface area contributed by atoms with E-state index in [0.29, 0.717) is 17.1 Å². The Morgan fingerprint density at radius 2 is 1.70 bits per heavy atom. The normalized spacial score (nSPS) is 23.0. The summed E-state index contributed by atoms with van der Waals surface area (Å²) in [5.74, 6) is 1.32. The van der Waals surface area contributed by atoms with E-state index in [1.807, 2.05) is 11.8 Å². The standard InChI is InChI=1S/C21H28N2O4/c1-15-26-19-8-6-16(14-20(19)27-15)18(24)7-9-21(25)23-12-10-22(11-13-23)17-4-2-3-5-17/h6,8,14-15,17H,2-5,7,9-13H2,1H3/t15-/m1/s1. The van der Waals surface area contributed by atoms with Gasteiger partial charge in [0.25, 0.3) is 0 Å². The van der Waals surface area contributed by atoms with Crippen LogP contribution in [0.15, 0.2) is 18.2 Å². The minimum absolute atomic E-state index is 0.0288. The zero-order valence-electron chi connectivity index (χ0n) is 16.0. The third kappa shape index (κ3) is 4.10. The predicted molar refractivity (Wildman–Crippen MR) is 101 cm³/mol. The fourth-order valence-corrected chi connectivity index (χ4v) is 4.38. The number of benzene rings is 1. The highest BCUT2D eigenvalue weighted by Crippen LogP contribution is 2.35. The molecule has 1 aromatic carbocycles. The van der Waals surface area contributed by atoms with Gasteiger partial charge in [0.2, 0.25) is 12.2 Å². The summed E-state index contributed by atoms with van der Waals surface area (Å²) >= 11 is 0. The third-order valence-electron chi connectivity index (χ3n) is 5.93. The van der Waals surface area contributed by atoms with Crippen LogP contribution in [0.25, 0.3) is 0 Å². The first-order valence-corrected chi connectivity index (χ1v) is 10.1. The molecule has 0 unspecified atom stereocenters. The Kier molecular flexibility index (Phi) is 5.34. The minimum Gasteiger partial charge on any atom is -0.451 e. The molecule has 1 amide bonds. The Morgan fingerprint density at radius 1 is 1.00 bits per heavy atom. The molecule has 1 aromatic rings. The van der Waals surface area contributed by atoms with Crippen molar-refractivity contribution in [3.05, 3.63) is 23.8 Å². The van der Waals surface area contributed by atoms with Crippen molar-refractivity contribution >= 4 is 11.7 Å². The second-order valence-electron chi connectivity index (χ2n) is 7.74. The fraction of sp³-hybridized carbons (Fsp3) is 0.619. The van der Waals surface area contributed by atoms with Gasteiger partial charge in [0.05, 0.1) is 0 Å². The number of hydrogen-bond donors (Lipinski definition) is 0. The first-order valence-electron chi connectivity index (χ1n) is 10.1. The molecule has 2 aliphatic heterocycles. The molecule has 0 N–H and O–H groups in total. The van der Waals surface area contributed by atoms with E-state index >= 15 is 0 Å². The number of piperazine rings is 1. The largest absolute Gasteiger partial charge is 0.451 e. The molecule has 1 saturated carbocycles. The number of ketones is 1. The first kappa shape index (κ1) is 18.3. The van der Waals surface area contributed by atoms with E-state index in [9.17, 15) is 9.59 Å². The maximum atomic E-state index is 12.5. The summed E-state index contributed by atoms with van der Waals surface area (Å²) in [6.07, 6.45) is 5.46.